The normalized spacial score (nSPS) is 35.0. The fraction of sp³-hybridized carbons (Fsp3) is 0.444. The molecule has 1 fully saturated rings. The van der Waals surface area contributed by atoms with Gasteiger partial charge in [0, 0.05) is 28.8 Å². The molecule has 1 aliphatic heterocycles. The van der Waals surface area contributed by atoms with E-state index < -0.39 is 0 Å². The minimum absolute atomic E-state index is 0.0467. The Morgan fingerprint density at radius 1 is 1.38 bits per heavy atom. The van der Waals surface area contributed by atoms with E-state index in [1.54, 1.807) is 0 Å². The Hall–Kier alpha value is -1.58. The lowest BCUT2D eigenvalue weighted by Crippen LogP contribution is -2.53. The van der Waals surface area contributed by atoms with Crippen molar-refractivity contribution in [3.8, 4) is 0 Å². The molecule has 110 valence electrons. The molecule has 2 aromatic rings. The first-order chi connectivity index (χ1) is 10.0. The van der Waals surface area contributed by atoms with E-state index in [0.717, 1.165) is 24.1 Å². The van der Waals surface area contributed by atoms with Gasteiger partial charge in [-0.25, -0.2) is 0 Å². The number of H-pyrrole nitrogens is 1. The molecule has 1 N–H and O–H groups in total. The summed E-state index contributed by atoms with van der Waals surface area (Å²) in [5.41, 5.74) is 4.70. The first kappa shape index (κ1) is 13.1. The lowest BCUT2D eigenvalue weighted by Gasteiger charge is -2.56. The topological polar surface area (TPSA) is 38.8 Å². The van der Waals surface area contributed by atoms with Crippen LogP contribution in [0.2, 0.25) is 0 Å². The molecule has 0 spiro atoms. The van der Waals surface area contributed by atoms with Gasteiger partial charge in [0.05, 0.1) is 19.3 Å². The van der Waals surface area contributed by atoms with Gasteiger partial charge in [0.1, 0.15) is 6.04 Å². The van der Waals surface area contributed by atoms with Crippen molar-refractivity contribution in [1.82, 2.24) is 4.98 Å². The van der Waals surface area contributed by atoms with E-state index in [9.17, 15) is 5.21 Å². The summed E-state index contributed by atoms with van der Waals surface area (Å²) in [6.07, 6.45) is 2.01. The molecule has 4 atom stereocenters. The summed E-state index contributed by atoms with van der Waals surface area (Å²) in [5, 5.41) is 14.3. The number of nitrogens with one attached hydrogen (secondary N) is 1. The summed E-state index contributed by atoms with van der Waals surface area (Å²) in [5.74, 6) is 0.876. The number of nitrogens with zero attached hydrogens (tertiary/aromatic N) is 1. The quantitative estimate of drug-likeness (QED) is 0.617. The second kappa shape index (κ2) is 4.21. The average molecular weight is 282 g/mol. The molecule has 1 aromatic heterocycles. The van der Waals surface area contributed by atoms with Crippen molar-refractivity contribution in [2.45, 2.75) is 25.8 Å². The van der Waals surface area contributed by atoms with Crippen molar-refractivity contribution in [3.05, 3.63) is 47.3 Å². The van der Waals surface area contributed by atoms with Gasteiger partial charge in [-0.05, 0) is 24.0 Å². The molecule has 0 saturated carbocycles. The van der Waals surface area contributed by atoms with Crippen LogP contribution in [-0.2, 0) is 0 Å². The highest BCUT2D eigenvalue weighted by Gasteiger charge is 2.50. The van der Waals surface area contributed by atoms with Gasteiger partial charge in [0.15, 0.2) is 0 Å². The summed E-state index contributed by atoms with van der Waals surface area (Å²) >= 11 is 0. The lowest BCUT2D eigenvalue weighted by atomic mass is 9.66. The number of hydroxylamine groups is 3. The maximum atomic E-state index is 13.1. The highest BCUT2D eigenvalue weighted by atomic mass is 16.5. The number of quaternary nitrogens is 1. The number of allylic oxidation sites excluding steroid dienone is 1. The van der Waals surface area contributed by atoms with Crippen LogP contribution >= 0.6 is 0 Å². The number of fused-ring (bicyclic) bond motifs is 6. The predicted octanol–water partition coefficient (Wildman–Crippen LogP) is 4.23. The van der Waals surface area contributed by atoms with E-state index in [0.29, 0.717) is 18.4 Å². The van der Waals surface area contributed by atoms with Crippen LogP contribution in [0, 0.1) is 17.0 Å². The average Bonchev–Trinajstić information content (AvgIpc) is 2.84. The number of aromatic nitrogens is 1. The second-order valence-electron chi connectivity index (χ2n) is 6.79. The lowest BCUT2D eigenvalue weighted by molar-refractivity contribution is -0.904. The molecule has 3 heteroatoms. The minimum Gasteiger partial charge on any atom is -0.633 e. The maximum Gasteiger partial charge on any atom is 0.120 e. The number of benzene rings is 1. The molecular formula is C18H22N2O. The Bertz CT molecular complexity index is 728. The van der Waals surface area contributed by atoms with Gasteiger partial charge < -0.3 is 14.8 Å². The van der Waals surface area contributed by atoms with Crippen molar-refractivity contribution < 1.29 is 4.65 Å². The zero-order chi connectivity index (χ0) is 14.8. The van der Waals surface area contributed by atoms with Crippen LogP contribution in [0.25, 0.3) is 16.5 Å². The Labute approximate surface area is 125 Å². The molecule has 0 radical (unpaired) electrons. The van der Waals surface area contributed by atoms with Crippen molar-refractivity contribution in [2.24, 2.45) is 11.8 Å². The highest BCUT2D eigenvalue weighted by molar-refractivity contribution is 5.90. The van der Waals surface area contributed by atoms with Gasteiger partial charge in [-0.2, -0.15) is 0 Å². The van der Waals surface area contributed by atoms with Crippen molar-refractivity contribution in [2.75, 3.05) is 13.6 Å². The van der Waals surface area contributed by atoms with Gasteiger partial charge in [-0.15, -0.1) is 0 Å². The SMILES string of the molecule is C=C1c2[nH]c3ccccc3c2[C@H]2[C@@H](CC)[C@@H]1CC[N+]2(C)[O-]. The van der Waals surface area contributed by atoms with Crippen molar-refractivity contribution >= 4 is 16.5 Å². The predicted molar refractivity (Wildman–Crippen MR) is 86.4 cm³/mol. The number of hydrogen-bond donors (Lipinski definition) is 1. The third-order valence-electron chi connectivity index (χ3n) is 5.68. The largest absolute Gasteiger partial charge is 0.633 e. The van der Waals surface area contributed by atoms with Crippen LogP contribution in [0.5, 0.6) is 0 Å². The third-order valence-corrected chi connectivity index (χ3v) is 5.68. The zero-order valence-electron chi connectivity index (χ0n) is 12.7. The van der Waals surface area contributed by atoms with Crippen LogP contribution in [0.3, 0.4) is 0 Å². The zero-order valence-corrected chi connectivity index (χ0v) is 12.7. The summed E-state index contributed by atoms with van der Waals surface area (Å²) in [6, 6.07) is 8.39. The number of aromatic amines is 1. The van der Waals surface area contributed by atoms with Crippen LogP contribution in [0.15, 0.2) is 30.8 Å². The minimum atomic E-state index is -0.142. The van der Waals surface area contributed by atoms with E-state index in [1.165, 1.54) is 16.5 Å². The molecule has 2 bridgehead atoms. The number of hydrogen-bond acceptors (Lipinski definition) is 1. The van der Waals surface area contributed by atoms with Crippen LogP contribution in [0.1, 0.15) is 37.1 Å². The van der Waals surface area contributed by atoms with E-state index in [-0.39, 0.29) is 10.7 Å². The number of para-hydroxylation sites is 1. The first-order valence-electron chi connectivity index (χ1n) is 7.90. The maximum absolute atomic E-state index is 13.1. The summed E-state index contributed by atoms with van der Waals surface area (Å²) in [6.45, 7) is 7.29. The molecule has 3 nitrogen and oxygen atoms in total. The Balaban J connectivity index is 2.05. The van der Waals surface area contributed by atoms with Gasteiger partial charge in [-0.3, -0.25) is 0 Å². The summed E-state index contributed by atoms with van der Waals surface area (Å²) in [7, 11) is 1.85. The summed E-state index contributed by atoms with van der Waals surface area (Å²) in [4.78, 5) is 3.53. The van der Waals surface area contributed by atoms with Crippen LogP contribution < -0.4 is 0 Å². The van der Waals surface area contributed by atoms with E-state index in [1.807, 2.05) is 13.1 Å². The van der Waals surface area contributed by atoms with Gasteiger partial charge in [-0.1, -0.05) is 31.7 Å². The molecule has 2 heterocycles. The van der Waals surface area contributed by atoms with Crippen molar-refractivity contribution in [3.63, 3.8) is 0 Å². The van der Waals surface area contributed by atoms with E-state index >= 15 is 0 Å². The van der Waals surface area contributed by atoms with E-state index in [2.05, 4.69) is 36.7 Å². The second-order valence-corrected chi connectivity index (χ2v) is 6.79. The van der Waals surface area contributed by atoms with Crippen LogP contribution in [0.4, 0.5) is 0 Å². The monoisotopic (exact) mass is 282 g/mol. The molecule has 1 aromatic carbocycles. The smallest absolute Gasteiger partial charge is 0.120 e. The van der Waals surface area contributed by atoms with Crippen molar-refractivity contribution in [1.29, 1.82) is 0 Å². The Kier molecular flexibility index (Phi) is 2.63. The molecule has 1 aliphatic carbocycles. The first-order valence-corrected chi connectivity index (χ1v) is 7.90. The number of piperidine rings is 1. The third kappa shape index (κ3) is 1.62. The molecule has 4 rings (SSSR count). The Morgan fingerprint density at radius 2 is 2.14 bits per heavy atom. The fourth-order valence-corrected chi connectivity index (χ4v) is 4.71. The standard InChI is InChI=1S/C18H22N2O/c1-4-12-13-9-10-20(3,21)18(12)16-14-7-5-6-8-15(14)19-17(16)11(13)2/h5-8,12-13,18-19H,2,4,9-10H2,1,3H3/t12-,13+,18+,20?/m0/s1. The van der Waals surface area contributed by atoms with Gasteiger partial charge in [0.25, 0.3) is 0 Å². The molecular weight excluding hydrogens is 260 g/mol. The fourth-order valence-electron chi connectivity index (χ4n) is 4.71. The highest BCUT2D eigenvalue weighted by Crippen LogP contribution is 2.55. The molecule has 1 saturated heterocycles. The number of likely N-dealkylation sites (tertiary alicyclic amines) is 1. The van der Waals surface area contributed by atoms with Gasteiger partial charge >= 0.3 is 0 Å². The Morgan fingerprint density at radius 3 is 2.90 bits per heavy atom. The molecule has 21 heavy (non-hydrogen) atoms. The number of rotatable bonds is 1. The van der Waals surface area contributed by atoms with Gasteiger partial charge in [0.2, 0.25) is 0 Å². The summed E-state index contributed by atoms with van der Waals surface area (Å²) < 4.78 is -0.142. The van der Waals surface area contributed by atoms with E-state index in [4.69, 9.17) is 0 Å². The molecule has 2 aliphatic rings. The molecule has 1 unspecified atom stereocenters. The van der Waals surface area contributed by atoms with Crippen LogP contribution in [-0.4, -0.2) is 23.2 Å². The molecule has 0 amide bonds.